The third-order valence-electron chi connectivity index (χ3n) is 5.40. The van der Waals surface area contributed by atoms with Crippen LogP contribution in [0, 0.1) is 0 Å². The number of fused-ring (bicyclic) bond motifs is 2. The van der Waals surface area contributed by atoms with E-state index < -0.39 is 0 Å². The van der Waals surface area contributed by atoms with E-state index in [1.807, 2.05) is 5.31 Å². The van der Waals surface area contributed by atoms with Crippen molar-refractivity contribution in [1.29, 1.82) is 0 Å². The fourth-order valence-corrected chi connectivity index (χ4v) is 10.7. The van der Waals surface area contributed by atoms with Gasteiger partial charge in [-0.1, -0.05) is 0 Å². The van der Waals surface area contributed by atoms with E-state index >= 15 is 0 Å². The first-order chi connectivity index (χ1) is 12.8. The molecule has 4 rings (SSSR count). The van der Waals surface area contributed by atoms with E-state index in [1.54, 1.807) is 11.1 Å². The Balaban J connectivity index is 0.00000140. The molecule has 2 atom stereocenters. The molecular weight excluding hydrogens is 438 g/mol. The van der Waals surface area contributed by atoms with Crippen molar-refractivity contribution >= 4 is 20.1 Å². The summed E-state index contributed by atoms with van der Waals surface area (Å²) in [5.41, 5.74) is 6.15. The van der Waals surface area contributed by atoms with Crippen molar-refractivity contribution in [3.63, 3.8) is 0 Å². The SMILES string of the molecule is CCCP(CCC)C1=Cc2ccccc2[CH]1[Ti+2][CH]1C=Cc2ccccc21.[Cl-].[Cl-]. The Morgan fingerprint density at radius 3 is 2.11 bits per heavy atom. The van der Waals surface area contributed by atoms with Crippen LogP contribution in [0.15, 0.2) is 59.9 Å². The molecule has 0 N–H and O–H groups in total. The zero-order valence-corrected chi connectivity index (χ0v) is 20.5. The number of hydrogen-bond donors (Lipinski definition) is 0. The van der Waals surface area contributed by atoms with Gasteiger partial charge in [0.2, 0.25) is 0 Å². The molecule has 146 valence electrons. The smallest absolute Gasteiger partial charge is 1.00 e. The van der Waals surface area contributed by atoms with E-state index in [4.69, 9.17) is 0 Å². The summed E-state index contributed by atoms with van der Waals surface area (Å²) in [5.74, 6) is 0. The molecular formula is C24H27Cl2PTi. The molecule has 0 nitrogen and oxygen atoms in total. The maximum Gasteiger partial charge on any atom is -1.00 e. The van der Waals surface area contributed by atoms with E-state index in [9.17, 15) is 0 Å². The van der Waals surface area contributed by atoms with Gasteiger partial charge in [0.1, 0.15) is 0 Å². The van der Waals surface area contributed by atoms with Crippen LogP contribution in [0.4, 0.5) is 0 Å². The fraction of sp³-hybridized carbons (Fsp3) is 0.333. The standard InChI is InChI=1S/C15H20P.C9H7.2ClH.Ti/c1-3-9-16(10-4-2)15-11-13-7-5-6-8-14(13)12-15;1-2-5-9-7-3-6-8(9)4-1;;;/h5-8,11-12H,3-4,9-10H2,1-2H3;1-7H;2*1H;/q;;;;+2/p-2. The van der Waals surface area contributed by atoms with Gasteiger partial charge in [-0.25, -0.2) is 0 Å². The summed E-state index contributed by atoms with van der Waals surface area (Å²) in [6, 6.07) is 18.2. The second-order valence-electron chi connectivity index (χ2n) is 7.25. The second kappa shape index (κ2) is 11.1. The van der Waals surface area contributed by atoms with Gasteiger partial charge in [0.25, 0.3) is 0 Å². The average molecular weight is 465 g/mol. The normalized spacial score (nSPS) is 18.6. The largest absolute Gasteiger partial charge is 1.00 e. The van der Waals surface area contributed by atoms with Crippen molar-refractivity contribution in [2.24, 2.45) is 0 Å². The molecule has 0 bridgehead atoms. The van der Waals surface area contributed by atoms with E-state index in [1.165, 1.54) is 36.3 Å². The molecule has 2 unspecified atom stereocenters. The number of hydrogen-bond acceptors (Lipinski definition) is 0. The summed E-state index contributed by atoms with van der Waals surface area (Å²) in [6.45, 7) is 4.71. The zero-order valence-electron chi connectivity index (χ0n) is 16.5. The Morgan fingerprint density at radius 2 is 1.43 bits per heavy atom. The number of halogens is 2. The Labute approximate surface area is 192 Å². The summed E-state index contributed by atoms with van der Waals surface area (Å²) in [5, 5.41) is 1.82. The number of allylic oxidation sites excluding steroid dienone is 2. The summed E-state index contributed by atoms with van der Waals surface area (Å²) < 4.78 is 1.42. The molecule has 2 aromatic rings. The third-order valence-corrected chi connectivity index (χ3v) is 11.7. The molecule has 2 aromatic carbocycles. The summed E-state index contributed by atoms with van der Waals surface area (Å²) in [6.07, 6.45) is 12.9. The molecule has 0 heterocycles. The molecule has 28 heavy (non-hydrogen) atoms. The van der Waals surface area contributed by atoms with Crippen LogP contribution in [0.1, 0.15) is 57.4 Å². The minimum atomic E-state index is -0.162. The molecule has 4 heteroatoms. The minimum Gasteiger partial charge on any atom is -1.00 e. The molecule has 0 amide bonds. The topological polar surface area (TPSA) is 0 Å². The Kier molecular flexibility index (Phi) is 9.52. The van der Waals surface area contributed by atoms with Crippen LogP contribution in [0.5, 0.6) is 0 Å². The fourth-order valence-electron chi connectivity index (χ4n) is 4.24. The Morgan fingerprint density at radius 1 is 0.821 bits per heavy atom. The second-order valence-corrected chi connectivity index (χ2v) is 12.1. The quantitative estimate of drug-likeness (QED) is 0.427. The van der Waals surface area contributed by atoms with Gasteiger partial charge >= 0.3 is 169 Å². The van der Waals surface area contributed by atoms with Crippen molar-refractivity contribution in [2.45, 2.75) is 35.1 Å². The van der Waals surface area contributed by atoms with E-state index in [0.29, 0.717) is 4.22 Å². The first kappa shape index (κ1) is 23.9. The van der Waals surface area contributed by atoms with Gasteiger partial charge in [-0.2, -0.15) is 0 Å². The Hall–Kier alpha value is -0.356. The first-order valence-corrected chi connectivity index (χ1v) is 13.4. The van der Waals surface area contributed by atoms with Crippen molar-refractivity contribution in [1.82, 2.24) is 0 Å². The molecule has 0 saturated heterocycles. The van der Waals surface area contributed by atoms with E-state index in [0.717, 1.165) is 4.22 Å². The van der Waals surface area contributed by atoms with Gasteiger partial charge in [-0.15, -0.1) is 0 Å². The monoisotopic (exact) mass is 464 g/mol. The van der Waals surface area contributed by atoms with Gasteiger partial charge in [-0.05, 0) is 0 Å². The third kappa shape index (κ3) is 4.85. The maximum absolute atomic E-state index is 2.59. The van der Waals surface area contributed by atoms with Crippen LogP contribution in [0.2, 0.25) is 0 Å². The number of benzene rings is 2. The van der Waals surface area contributed by atoms with Crippen LogP contribution in [-0.2, 0) is 19.2 Å². The predicted octanol–water partition coefficient (Wildman–Crippen LogP) is 1.24. The van der Waals surface area contributed by atoms with Gasteiger partial charge in [0.15, 0.2) is 0 Å². The zero-order chi connectivity index (χ0) is 17.9. The van der Waals surface area contributed by atoms with Gasteiger partial charge in [0.05, 0.1) is 0 Å². The molecule has 2 aliphatic rings. The van der Waals surface area contributed by atoms with Gasteiger partial charge in [-0.3, -0.25) is 0 Å². The van der Waals surface area contributed by atoms with Crippen LogP contribution in [0.25, 0.3) is 12.2 Å². The average Bonchev–Trinajstić information content (AvgIpc) is 3.24. The number of rotatable bonds is 7. The van der Waals surface area contributed by atoms with Crippen LogP contribution in [0.3, 0.4) is 0 Å². The summed E-state index contributed by atoms with van der Waals surface area (Å²) >= 11 is -0.162. The van der Waals surface area contributed by atoms with E-state index in [2.05, 4.69) is 80.6 Å². The molecule has 0 saturated carbocycles. The Bertz CT molecular complexity index is 840. The van der Waals surface area contributed by atoms with Crippen LogP contribution < -0.4 is 24.8 Å². The van der Waals surface area contributed by atoms with Crippen molar-refractivity contribution < 1.29 is 44.0 Å². The van der Waals surface area contributed by atoms with Crippen LogP contribution in [-0.4, -0.2) is 12.3 Å². The molecule has 0 spiro atoms. The van der Waals surface area contributed by atoms with E-state index in [-0.39, 0.29) is 51.9 Å². The van der Waals surface area contributed by atoms with Crippen molar-refractivity contribution in [3.8, 4) is 0 Å². The summed E-state index contributed by atoms with van der Waals surface area (Å²) in [4.78, 5) is 0. The van der Waals surface area contributed by atoms with Crippen molar-refractivity contribution in [3.05, 3.63) is 82.2 Å². The first-order valence-electron chi connectivity index (χ1n) is 9.90. The van der Waals surface area contributed by atoms with Crippen LogP contribution >= 0.6 is 7.92 Å². The molecule has 2 aliphatic carbocycles. The van der Waals surface area contributed by atoms with Gasteiger partial charge in [0, 0.05) is 0 Å². The summed E-state index contributed by atoms with van der Waals surface area (Å²) in [7, 11) is 0.0331. The molecule has 0 fully saturated rings. The molecule has 0 aliphatic heterocycles. The predicted molar refractivity (Wildman–Crippen MR) is 113 cm³/mol. The molecule has 0 aromatic heterocycles. The molecule has 0 radical (unpaired) electrons. The van der Waals surface area contributed by atoms with Gasteiger partial charge < -0.3 is 24.8 Å². The van der Waals surface area contributed by atoms with Crippen molar-refractivity contribution in [2.75, 3.05) is 12.3 Å². The minimum absolute atomic E-state index is 0. The maximum atomic E-state index is 2.59.